The van der Waals surface area contributed by atoms with Crippen LogP contribution in [0.2, 0.25) is 0 Å². The van der Waals surface area contributed by atoms with Gasteiger partial charge in [0.05, 0.1) is 0 Å². The van der Waals surface area contributed by atoms with E-state index in [9.17, 15) is 0 Å². The zero-order valence-electron chi connectivity index (χ0n) is 13.1. The molecule has 0 saturated carbocycles. The van der Waals surface area contributed by atoms with Crippen LogP contribution in [0.5, 0.6) is 0 Å². The maximum atomic E-state index is 3.61. The lowest BCUT2D eigenvalue weighted by Crippen LogP contribution is -2.40. The Kier molecular flexibility index (Phi) is 5.67. The summed E-state index contributed by atoms with van der Waals surface area (Å²) in [5.74, 6) is 0. The molecule has 0 radical (unpaired) electrons. The Balaban J connectivity index is 1.61. The zero-order chi connectivity index (χ0) is 14.3. The van der Waals surface area contributed by atoms with E-state index in [0.29, 0.717) is 6.04 Å². The number of hydrogen-bond acceptors (Lipinski definition) is 3. The standard InChI is InChI=1S/C18H29N3/c1-3-8-17(9-4-1)18-16-19-10-7-13-21(18)15-14-20-11-5-2-6-12-20/h1,3-4,8-9,18-19H,2,5-7,10-16H2. The topological polar surface area (TPSA) is 18.5 Å². The van der Waals surface area contributed by atoms with Crippen molar-refractivity contribution in [3.05, 3.63) is 35.9 Å². The van der Waals surface area contributed by atoms with Crippen LogP contribution >= 0.6 is 0 Å². The van der Waals surface area contributed by atoms with Gasteiger partial charge in [-0.1, -0.05) is 36.8 Å². The maximum absolute atomic E-state index is 3.61. The summed E-state index contributed by atoms with van der Waals surface area (Å²) >= 11 is 0. The lowest BCUT2D eigenvalue weighted by Gasteiger charge is -2.33. The lowest BCUT2D eigenvalue weighted by atomic mass is 10.1. The Morgan fingerprint density at radius 3 is 2.52 bits per heavy atom. The molecule has 0 aromatic heterocycles. The SMILES string of the molecule is c1ccc(C2CNCCCN2CCN2CCCCC2)cc1. The Bertz CT molecular complexity index is 400. The second-order valence-corrected chi connectivity index (χ2v) is 6.42. The van der Waals surface area contributed by atoms with Crippen LogP contribution in [0.4, 0.5) is 0 Å². The van der Waals surface area contributed by atoms with Crippen molar-refractivity contribution in [3.63, 3.8) is 0 Å². The summed E-state index contributed by atoms with van der Waals surface area (Å²) in [4.78, 5) is 5.35. The predicted molar refractivity (Wildman–Crippen MR) is 88.5 cm³/mol. The van der Waals surface area contributed by atoms with Crippen molar-refractivity contribution in [1.29, 1.82) is 0 Å². The van der Waals surface area contributed by atoms with Crippen molar-refractivity contribution in [1.82, 2.24) is 15.1 Å². The quantitative estimate of drug-likeness (QED) is 0.918. The van der Waals surface area contributed by atoms with Gasteiger partial charge in [-0.05, 0) is 44.5 Å². The van der Waals surface area contributed by atoms with Gasteiger partial charge in [-0.2, -0.15) is 0 Å². The van der Waals surface area contributed by atoms with Crippen LogP contribution in [-0.4, -0.2) is 55.6 Å². The van der Waals surface area contributed by atoms with E-state index in [-0.39, 0.29) is 0 Å². The molecule has 0 spiro atoms. The normalized spacial score (nSPS) is 25.6. The van der Waals surface area contributed by atoms with E-state index in [0.717, 1.165) is 13.1 Å². The number of likely N-dealkylation sites (tertiary alicyclic amines) is 1. The van der Waals surface area contributed by atoms with Crippen molar-refractivity contribution in [2.24, 2.45) is 0 Å². The number of rotatable bonds is 4. The molecule has 3 rings (SSSR count). The summed E-state index contributed by atoms with van der Waals surface area (Å²) in [6.07, 6.45) is 5.48. The van der Waals surface area contributed by atoms with E-state index in [1.54, 1.807) is 0 Å². The average molecular weight is 287 g/mol. The molecular weight excluding hydrogens is 258 g/mol. The summed E-state index contributed by atoms with van der Waals surface area (Å²) in [7, 11) is 0. The van der Waals surface area contributed by atoms with E-state index < -0.39 is 0 Å². The number of piperidine rings is 1. The minimum absolute atomic E-state index is 0.540. The van der Waals surface area contributed by atoms with Crippen LogP contribution in [0.25, 0.3) is 0 Å². The van der Waals surface area contributed by atoms with Crippen LogP contribution < -0.4 is 5.32 Å². The first-order chi connectivity index (χ1) is 10.4. The zero-order valence-corrected chi connectivity index (χ0v) is 13.1. The number of nitrogens with zero attached hydrogens (tertiary/aromatic N) is 2. The minimum atomic E-state index is 0.540. The highest BCUT2D eigenvalue weighted by atomic mass is 15.2. The molecule has 2 aliphatic rings. The van der Waals surface area contributed by atoms with Crippen LogP contribution in [0, 0.1) is 0 Å². The first-order valence-electron chi connectivity index (χ1n) is 8.65. The Morgan fingerprint density at radius 1 is 0.905 bits per heavy atom. The fraction of sp³-hybridized carbons (Fsp3) is 0.667. The highest BCUT2D eigenvalue weighted by molar-refractivity contribution is 5.19. The maximum Gasteiger partial charge on any atom is 0.0473 e. The lowest BCUT2D eigenvalue weighted by molar-refractivity contribution is 0.154. The number of hydrogen-bond donors (Lipinski definition) is 1. The van der Waals surface area contributed by atoms with Crippen LogP contribution in [0.3, 0.4) is 0 Å². The molecule has 2 aliphatic heterocycles. The highest BCUT2D eigenvalue weighted by Gasteiger charge is 2.22. The van der Waals surface area contributed by atoms with Gasteiger partial charge in [-0.3, -0.25) is 4.90 Å². The molecule has 116 valence electrons. The molecule has 3 nitrogen and oxygen atoms in total. The fourth-order valence-corrected chi connectivity index (χ4v) is 3.66. The average Bonchev–Trinajstić information content (AvgIpc) is 2.80. The van der Waals surface area contributed by atoms with E-state index >= 15 is 0 Å². The second-order valence-electron chi connectivity index (χ2n) is 6.42. The van der Waals surface area contributed by atoms with Gasteiger partial charge in [0, 0.05) is 32.2 Å². The molecule has 0 aliphatic carbocycles. The molecule has 1 atom stereocenters. The molecule has 0 amide bonds. The van der Waals surface area contributed by atoms with E-state index in [1.807, 2.05) is 0 Å². The molecule has 1 N–H and O–H groups in total. The third kappa shape index (κ3) is 4.29. The smallest absolute Gasteiger partial charge is 0.0473 e. The van der Waals surface area contributed by atoms with Crippen molar-refractivity contribution < 1.29 is 0 Å². The molecule has 2 saturated heterocycles. The molecule has 1 aromatic rings. The van der Waals surface area contributed by atoms with E-state index in [1.165, 1.54) is 64.0 Å². The minimum Gasteiger partial charge on any atom is -0.315 e. The third-order valence-electron chi connectivity index (χ3n) is 4.91. The van der Waals surface area contributed by atoms with Gasteiger partial charge in [0.25, 0.3) is 0 Å². The van der Waals surface area contributed by atoms with Crippen molar-refractivity contribution in [2.45, 2.75) is 31.7 Å². The molecule has 2 fully saturated rings. The molecule has 21 heavy (non-hydrogen) atoms. The summed E-state index contributed by atoms with van der Waals surface area (Å²) in [5.41, 5.74) is 1.46. The van der Waals surface area contributed by atoms with Crippen LogP contribution in [-0.2, 0) is 0 Å². The summed E-state index contributed by atoms with van der Waals surface area (Å²) in [6.45, 7) is 8.53. The van der Waals surface area contributed by atoms with Gasteiger partial charge >= 0.3 is 0 Å². The first-order valence-corrected chi connectivity index (χ1v) is 8.65. The molecule has 3 heteroatoms. The van der Waals surface area contributed by atoms with Gasteiger partial charge in [-0.15, -0.1) is 0 Å². The number of benzene rings is 1. The second kappa shape index (κ2) is 7.92. The molecule has 1 aromatic carbocycles. The third-order valence-corrected chi connectivity index (χ3v) is 4.91. The van der Waals surface area contributed by atoms with Crippen molar-refractivity contribution in [2.75, 3.05) is 45.8 Å². The molecule has 0 bridgehead atoms. The summed E-state index contributed by atoms with van der Waals surface area (Å²) in [6, 6.07) is 11.6. The molecular formula is C18H29N3. The Hall–Kier alpha value is -0.900. The largest absolute Gasteiger partial charge is 0.315 e. The van der Waals surface area contributed by atoms with Gasteiger partial charge in [-0.25, -0.2) is 0 Å². The fourth-order valence-electron chi connectivity index (χ4n) is 3.66. The van der Waals surface area contributed by atoms with Gasteiger partial charge in [0.15, 0.2) is 0 Å². The summed E-state index contributed by atoms with van der Waals surface area (Å²) in [5, 5.41) is 3.61. The van der Waals surface area contributed by atoms with E-state index in [2.05, 4.69) is 45.4 Å². The number of nitrogens with one attached hydrogen (secondary N) is 1. The van der Waals surface area contributed by atoms with Crippen molar-refractivity contribution in [3.8, 4) is 0 Å². The van der Waals surface area contributed by atoms with Crippen molar-refractivity contribution >= 4 is 0 Å². The first kappa shape index (κ1) is 15.0. The Morgan fingerprint density at radius 2 is 1.71 bits per heavy atom. The molecule has 1 unspecified atom stereocenters. The monoisotopic (exact) mass is 287 g/mol. The summed E-state index contributed by atoms with van der Waals surface area (Å²) < 4.78 is 0. The van der Waals surface area contributed by atoms with E-state index in [4.69, 9.17) is 0 Å². The van der Waals surface area contributed by atoms with Gasteiger partial charge < -0.3 is 10.2 Å². The van der Waals surface area contributed by atoms with Crippen LogP contribution in [0.15, 0.2) is 30.3 Å². The van der Waals surface area contributed by atoms with Crippen LogP contribution in [0.1, 0.15) is 37.3 Å². The predicted octanol–water partition coefficient (Wildman–Crippen LogP) is 2.51. The molecule has 2 heterocycles. The Labute approximate surface area is 129 Å². The van der Waals surface area contributed by atoms with Gasteiger partial charge in [0.2, 0.25) is 0 Å². The highest BCUT2D eigenvalue weighted by Crippen LogP contribution is 2.22. The van der Waals surface area contributed by atoms with Gasteiger partial charge in [0.1, 0.15) is 0 Å².